The lowest BCUT2D eigenvalue weighted by Crippen LogP contribution is -2.27. The number of imidazole rings is 1. The van der Waals surface area contributed by atoms with Crippen molar-refractivity contribution in [3.05, 3.63) is 21.5 Å². The zero-order chi connectivity index (χ0) is 13.5. The Labute approximate surface area is 120 Å². The van der Waals surface area contributed by atoms with Crippen LogP contribution in [0.5, 0.6) is 0 Å². The number of benzene rings is 1. The van der Waals surface area contributed by atoms with E-state index in [1.54, 1.807) is 6.07 Å². The zero-order valence-corrected chi connectivity index (χ0v) is 13.0. The van der Waals surface area contributed by atoms with Crippen LogP contribution < -0.4 is 5.73 Å². The third-order valence-corrected chi connectivity index (χ3v) is 4.02. The van der Waals surface area contributed by atoms with Crippen molar-refractivity contribution in [1.82, 2.24) is 9.55 Å². The molecule has 2 rings (SSSR count). The highest BCUT2D eigenvalue weighted by Gasteiger charge is 2.24. The van der Waals surface area contributed by atoms with Crippen molar-refractivity contribution < 1.29 is 4.39 Å². The molecule has 3 nitrogen and oxygen atoms in total. The molecule has 0 amide bonds. The Kier molecular flexibility index (Phi) is 3.53. The lowest BCUT2D eigenvalue weighted by molar-refractivity contribution is 0.338. The molecule has 0 fully saturated rings. The van der Waals surface area contributed by atoms with Gasteiger partial charge in [0, 0.05) is 11.6 Å². The second kappa shape index (κ2) is 4.68. The van der Waals surface area contributed by atoms with E-state index in [1.165, 1.54) is 6.07 Å². The number of halogens is 2. The summed E-state index contributed by atoms with van der Waals surface area (Å²) in [5.74, 6) is 0.224. The molecule has 1 heterocycles. The molecule has 0 unspecified atom stereocenters. The monoisotopic (exact) mass is 361 g/mol. The average Bonchev–Trinajstić information content (AvgIpc) is 2.55. The average molecular weight is 361 g/mol. The number of nitrogens with zero attached hydrogens (tertiary/aromatic N) is 2. The highest BCUT2D eigenvalue weighted by molar-refractivity contribution is 14.1. The van der Waals surface area contributed by atoms with E-state index in [1.807, 2.05) is 27.2 Å². The molecular weight excluding hydrogens is 344 g/mol. The molecular formula is C13H17FIN3. The zero-order valence-electron chi connectivity index (χ0n) is 10.8. The summed E-state index contributed by atoms with van der Waals surface area (Å²) in [6.45, 7) is 6.33. The Hall–Kier alpha value is -0.850. The van der Waals surface area contributed by atoms with Gasteiger partial charge in [0.15, 0.2) is 0 Å². The van der Waals surface area contributed by atoms with Crippen LogP contribution in [0.25, 0.3) is 11.0 Å². The van der Waals surface area contributed by atoms with Crippen LogP contribution in [0.15, 0.2) is 12.1 Å². The van der Waals surface area contributed by atoms with Gasteiger partial charge in [0.25, 0.3) is 0 Å². The molecule has 0 bridgehead atoms. The van der Waals surface area contributed by atoms with Gasteiger partial charge >= 0.3 is 0 Å². The topological polar surface area (TPSA) is 43.8 Å². The Bertz CT molecular complexity index is 589. The fourth-order valence-corrected chi connectivity index (χ4v) is 2.90. The van der Waals surface area contributed by atoms with Crippen LogP contribution in [-0.2, 0) is 5.54 Å². The van der Waals surface area contributed by atoms with Gasteiger partial charge in [-0.05, 0) is 48.9 Å². The molecule has 2 aromatic rings. The van der Waals surface area contributed by atoms with E-state index in [-0.39, 0.29) is 11.4 Å². The van der Waals surface area contributed by atoms with Gasteiger partial charge in [-0.25, -0.2) is 9.37 Å². The molecule has 1 aromatic carbocycles. The van der Waals surface area contributed by atoms with Gasteiger partial charge in [0.2, 0.25) is 5.95 Å². The minimum atomic E-state index is -0.225. The lowest BCUT2D eigenvalue weighted by atomic mass is 9.98. The molecule has 98 valence electrons. The molecule has 0 radical (unpaired) electrons. The number of fused-ring (bicyclic) bond motifs is 1. The van der Waals surface area contributed by atoms with E-state index in [0.717, 1.165) is 23.9 Å². The molecule has 5 heteroatoms. The van der Waals surface area contributed by atoms with Crippen LogP contribution in [0, 0.1) is 9.39 Å². The van der Waals surface area contributed by atoms with Crippen molar-refractivity contribution >= 4 is 39.6 Å². The standard InChI is InChI=1S/C13H17FIN3/c1-4-5-13(2,3)18-11-6-8(14)9(15)7-10(11)17-12(18)16/h6-7H,4-5H2,1-3H3,(H2,16,17). The number of aromatic nitrogens is 2. The van der Waals surface area contributed by atoms with Gasteiger partial charge in [-0.2, -0.15) is 0 Å². The predicted octanol–water partition coefficient (Wildman–Crippen LogP) is 3.90. The summed E-state index contributed by atoms with van der Waals surface area (Å²) in [4.78, 5) is 4.33. The van der Waals surface area contributed by atoms with Crippen molar-refractivity contribution in [2.75, 3.05) is 5.73 Å². The smallest absolute Gasteiger partial charge is 0.201 e. The van der Waals surface area contributed by atoms with E-state index >= 15 is 0 Å². The molecule has 2 N–H and O–H groups in total. The first kappa shape index (κ1) is 13.6. The molecule has 0 aliphatic rings. The van der Waals surface area contributed by atoms with Crippen LogP contribution in [0.4, 0.5) is 10.3 Å². The summed E-state index contributed by atoms with van der Waals surface area (Å²) in [5, 5.41) is 0. The fourth-order valence-electron chi connectivity index (χ4n) is 2.45. The SMILES string of the molecule is CCCC(C)(C)n1c(N)nc2cc(I)c(F)cc21. The van der Waals surface area contributed by atoms with Gasteiger partial charge in [-0.3, -0.25) is 0 Å². The first-order valence-corrected chi connectivity index (χ1v) is 7.08. The number of anilines is 1. The number of hydrogen-bond donors (Lipinski definition) is 1. The highest BCUT2D eigenvalue weighted by Crippen LogP contribution is 2.31. The van der Waals surface area contributed by atoms with Gasteiger partial charge in [0.05, 0.1) is 14.6 Å². The summed E-state index contributed by atoms with van der Waals surface area (Å²) in [6.07, 6.45) is 2.01. The summed E-state index contributed by atoms with van der Waals surface area (Å²) in [6, 6.07) is 3.26. The summed E-state index contributed by atoms with van der Waals surface area (Å²) >= 11 is 1.97. The van der Waals surface area contributed by atoms with Crippen molar-refractivity contribution in [1.29, 1.82) is 0 Å². The Balaban J connectivity index is 2.70. The Morgan fingerprint density at radius 3 is 2.72 bits per heavy atom. The normalized spacial score (nSPS) is 12.3. The summed E-state index contributed by atoms with van der Waals surface area (Å²) in [7, 11) is 0. The Morgan fingerprint density at radius 1 is 1.44 bits per heavy atom. The van der Waals surface area contributed by atoms with Crippen molar-refractivity contribution in [2.45, 2.75) is 39.2 Å². The third kappa shape index (κ3) is 2.20. The lowest BCUT2D eigenvalue weighted by Gasteiger charge is -2.28. The molecule has 0 spiro atoms. The Morgan fingerprint density at radius 2 is 2.11 bits per heavy atom. The summed E-state index contributed by atoms with van der Waals surface area (Å²) < 4.78 is 16.2. The second-order valence-electron chi connectivity index (χ2n) is 5.12. The maximum Gasteiger partial charge on any atom is 0.201 e. The van der Waals surface area contributed by atoms with Gasteiger partial charge in [0.1, 0.15) is 5.82 Å². The first-order chi connectivity index (χ1) is 8.36. The number of nitrogens with two attached hydrogens (primary N) is 1. The summed E-state index contributed by atoms with van der Waals surface area (Å²) in [5.41, 5.74) is 7.36. The quantitative estimate of drug-likeness (QED) is 0.843. The van der Waals surface area contributed by atoms with E-state index in [0.29, 0.717) is 9.52 Å². The van der Waals surface area contributed by atoms with Gasteiger partial charge in [-0.1, -0.05) is 13.3 Å². The molecule has 0 saturated carbocycles. The maximum absolute atomic E-state index is 13.7. The van der Waals surface area contributed by atoms with Crippen molar-refractivity contribution in [2.24, 2.45) is 0 Å². The molecule has 18 heavy (non-hydrogen) atoms. The van der Waals surface area contributed by atoms with Crippen molar-refractivity contribution in [3.63, 3.8) is 0 Å². The van der Waals surface area contributed by atoms with Crippen molar-refractivity contribution in [3.8, 4) is 0 Å². The minimum absolute atomic E-state index is 0.160. The molecule has 0 aliphatic carbocycles. The molecule has 1 aromatic heterocycles. The van der Waals surface area contributed by atoms with Crippen LogP contribution in [0.3, 0.4) is 0 Å². The molecule has 0 aliphatic heterocycles. The third-order valence-electron chi connectivity index (χ3n) is 3.19. The van der Waals surface area contributed by atoms with Crippen LogP contribution in [0.1, 0.15) is 33.6 Å². The first-order valence-electron chi connectivity index (χ1n) is 6.00. The van der Waals surface area contributed by atoms with Crippen LogP contribution >= 0.6 is 22.6 Å². The van der Waals surface area contributed by atoms with Crippen LogP contribution in [-0.4, -0.2) is 9.55 Å². The van der Waals surface area contributed by atoms with E-state index in [4.69, 9.17) is 5.73 Å². The highest BCUT2D eigenvalue weighted by atomic mass is 127. The molecule has 0 atom stereocenters. The maximum atomic E-state index is 13.7. The number of hydrogen-bond acceptors (Lipinski definition) is 2. The number of rotatable bonds is 3. The second-order valence-corrected chi connectivity index (χ2v) is 6.29. The fraction of sp³-hybridized carbons (Fsp3) is 0.462. The minimum Gasteiger partial charge on any atom is -0.369 e. The number of nitrogen functional groups attached to an aromatic ring is 1. The largest absolute Gasteiger partial charge is 0.369 e. The van der Waals surface area contributed by atoms with E-state index in [2.05, 4.69) is 25.8 Å². The van der Waals surface area contributed by atoms with Gasteiger partial charge < -0.3 is 10.3 Å². The van der Waals surface area contributed by atoms with E-state index in [9.17, 15) is 4.39 Å². The van der Waals surface area contributed by atoms with Gasteiger partial charge in [-0.15, -0.1) is 0 Å². The molecule has 0 saturated heterocycles. The predicted molar refractivity (Wildman–Crippen MR) is 81.1 cm³/mol. The van der Waals surface area contributed by atoms with Crippen LogP contribution in [0.2, 0.25) is 0 Å². The van der Waals surface area contributed by atoms with E-state index < -0.39 is 0 Å².